The van der Waals surface area contributed by atoms with Gasteiger partial charge in [0.25, 0.3) is 0 Å². The summed E-state index contributed by atoms with van der Waals surface area (Å²) in [5.41, 5.74) is 0.825. The number of rotatable bonds is 7. The van der Waals surface area contributed by atoms with Gasteiger partial charge in [0.05, 0.1) is 24.3 Å². The SMILES string of the molecule is CCC(O)(CC)CNC(=O)[C@@H]1CC(=O)N(c2cc(C)ccc2OC)C1. The largest absolute Gasteiger partial charge is 0.495 e. The van der Waals surface area contributed by atoms with Gasteiger partial charge in [0, 0.05) is 19.5 Å². The average Bonchev–Trinajstić information content (AvgIpc) is 3.01. The molecule has 138 valence electrons. The molecule has 0 radical (unpaired) electrons. The van der Waals surface area contributed by atoms with E-state index in [0.717, 1.165) is 5.56 Å². The lowest BCUT2D eigenvalue weighted by Gasteiger charge is -2.26. The van der Waals surface area contributed by atoms with E-state index in [1.165, 1.54) is 0 Å². The van der Waals surface area contributed by atoms with Crippen LogP contribution in [0, 0.1) is 12.8 Å². The third kappa shape index (κ3) is 4.31. The molecule has 0 aliphatic carbocycles. The lowest BCUT2D eigenvalue weighted by Crippen LogP contribution is -2.44. The third-order valence-electron chi connectivity index (χ3n) is 5.03. The van der Waals surface area contributed by atoms with Gasteiger partial charge in [-0.1, -0.05) is 19.9 Å². The normalized spacial score (nSPS) is 17.7. The van der Waals surface area contributed by atoms with Crippen LogP contribution in [0.4, 0.5) is 5.69 Å². The monoisotopic (exact) mass is 348 g/mol. The van der Waals surface area contributed by atoms with Crippen LogP contribution in [0.15, 0.2) is 18.2 Å². The Balaban J connectivity index is 2.07. The quantitative estimate of drug-likeness (QED) is 0.790. The molecule has 0 bridgehead atoms. The Morgan fingerprint density at radius 1 is 1.40 bits per heavy atom. The van der Waals surface area contributed by atoms with Gasteiger partial charge in [0.2, 0.25) is 11.8 Å². The van der Waals surface area contributed by atoms with E-state index >= 15 is 0 Å². The van der Waals surface area contributed by atoms with Crippen molar-refractivity contribution in [2.24, 2.45) is 5.92 Å². The Kier molecular flexibility index (Phi) is 6.06. The molecule has 0 spiro atoms. The van der Waals surface area contributed by atoms with E-state index in [0.29, 0.717) is 30.8 Å². The molecule has 1 saturated heterocycles. The second-order valence-corrected chi connectivity index (χ2v) is 6.73. The molecule has 0 unspecified atom stereocenters. The molecule has 1 aromatic rings. The maximum atomic E-state index is 12.4. The Hall–Kier alpha value is -2.08. The van der Waals surface area contributed by atoms with Crippen LogP contribution in [-0.2, 0) is 9.59 Å². The van der Waals surface area contributed by atoms with Crippen molar-refractivity contribution in [3.63, 3.8) is 0 Å². The number of methoxy groups -OCH3 is 1. The van der Waals surface area contributed by atoms with Gasteiger partial charge in [-0.2, -0.15) is 0 Å². The average molecular weight is 348 g/mol. The van der Waals surface area contributed by atoms with Crippen molar-refractivity contribution >= 4 is 17.5 Å². The lowest BCUT2D eigenvalue weighted by atomic mass is 9.97. The van der Waals surface area contributed by atoms with Crippen molar-refractivity contribution in [3.05, 3.63) is 23.8 Å². The van der Waals surface area contributed by atoms with Crippen LogP contribution in [0.1, 0.15) is 38.7 Å². The molecule has 2 N–H and O–H groups in total. The van der Waals surface area contributed by atoms with Crippen molar-refractivity contribution in [1.29, 1.82) is 0 Å². The van der Waals surface area contributed by atoms with E-state index in [-0.39, 0.29) is 24.8 Å². The molecule has 6 nitrogen and oxygen atoms in total. The highest BCUT2D eigenvalue weighted by molar-refractivity contribution is 6.01. The van der Waals surface area contributed by atoms with Gasteiger partial charge in [-0.05, 0) is 37.5 Å². The number of benzene rings is 1. The Morgan fingerprint density at radius 3 is 2.68 bits per heavy atom. The zero-order valence-corrected chi connectivity index (χ0v) is 15.5. The Bertz CT molecular complexity index is 640. The number of hydrogen-bond donors (Lipinski definition) is 2. The van der Waals surface area contributed by atoms with Crippen molar-refractivity contribution in [2.45, 2.75) is 45.6 Å². The molecule has 1 heterocycles. The highest BCUT2D eigenvalue weighted by atomic mass is 16.5. The molecule has 25 heavy (non-hydrogen) atoms. The number of hydrogen-bond acceptors (Lipinski definition) is 4. The standard InChI is InChI=1S/C19H28N2O4/c1-5-19(24,6-2)12-20-18(23)14-10-17(22)21(11-14)15-9-13(3)7-8-16(15)25-4/h7-9,14,24H,5-6,10-12H2,1-4H3,(H,20,23)/t14-/m1/s1. The first-order chi connectivity index (χ1) is 11.8. The number of carbonyl (C=O) groups excluding carboxylic acids is 2. The van der Waals surface area contributed by atoms with Gasteiger partial charge in [0.1, 0.15) is 5.75 Å². The molecular weight excluding hydrogens is 320 g/mol. The lowest BCUT2D eigenvalue weighted by molar-refractivity contribution is -0.127. The van der Waals surface area contributed by atoms with Crippen LogP contribution in [0.2, 0.25) is 0 Å². The van der Waals surface area contributed by atoms with Crippen LogP contribution in [0.3, 0.4) is 0 Å². The van der Waals surface area contributed by atoms with Gasteiger partial charge in [0.15, 0.2) is 0 Å². The molecular formula is C19H28N2O4. The van der Waals surface area contributed by atoms with E-state index in [1.54, 1.807) is 12.0 Å². The van der Waals surface area contributed by atoms with Crippen LogP contribution >= 0.6 is 0 Å². The zero-order valence-electron chi connectivity index (χ0n) is 15.5. The number of ether oxygens (including phenoxy) is 1. The molecule has 1 aliphatic heterocycles. The molecule has 1 fully saturated rings. The number of nitrogens with zero attached hydrogens (tertiary/aromatic N) is 1. The molecule has 6 heteroatoms. The number of amides is 2. The number of aryl methyl sites for hydroxylation is 1. The van der Waals surface area contributed by atoms with Crippen LogP contribution < -0.4 is 15.0 Å². The molecule has 0 aromatic heterocycles. The first-order valence-corrected chi connectivity index (χ1v) is 8.78. The van der Waals surface area contributed by atoms with E-state index in [2.05, 4.69) is 5.32 Å². The number of anilines is 1. The maximum Gasteiger partial charge on any atom is 0.227 e. The molecule has 2 amide bonds. The van der Waals surface area contributed by atoms with Crippen molar-refractivity contribution in [3.8, 4) is 5.75 Å². The first-order valence-electron chi connectivity index (χ1n) is 8.78. The summed E-state index contributed by atoms with van der Waals surface area (Å²) in [4.78, 5) is 26.5. The van der Waals surface area contributed by atoms with Crippen molar-refractivity contribution in [2.75, 3.05) is 25.1 Å². The Labute approximate surface area is 149 Å². The second kappa shape index (κ2) is 7.87. The van der Waals surface area contributed by atoms with Crippen molar-refractivity contribution in [1.82, 2.24) is 5.32 Å². The van der Waals surface area contributed by atoms with E-state index in [9.17, 15) is 14.7 Å². The predicted octanol–water partition coefficient (Wildman–Crippen LogP) is 2.02. The summed E-state index contributed by atoms with van der Waals surface area (Å²) in [5, 5.41) is 13.1. The Morgan fingerprint density at radius 2 is 2.08 bits per heavy atom. The molecule has 1 aromatic carbocycles. The van der Waals surface area contributed by atoms with E-state index < -0.39 is 11.5 Å². The summed E-state index contributed by atoms with van der Waals surface area (Å²) >= 11 is 0. The second-order valence-electron chi connectivity index (χ2n) is 6.73. The fourth-order valence-electron chi connectivity index (χ4n) is 3.02. The minimum atomic E-state index is -0.891. The number of aliphatic hydroxyl groups is 1. The summed E-state index contributed by atoms with van der Waals surface area (Å²) in [7, 11) is 1.56. The molecule has 0 saturated carbocycles. The van der Waals surface area contributed by atoms with Crippen LogP contribution in [-0.4, -0.2) is 42.7 Å². The molecule has 1 aliphatic rings. The summed E-state index contributed by atoms with van der Waals surface area (Å²) in [6.45, 7) is 6.25. The topological polar surface area (TPSA) is 78.9 Å². The summed E-state index contributed by atoms with van der Waals surface area (Å²) in [5.74, 6) is -0.0879. The summed E-state index contributed by atoms with van der Waals surface area (Å²) in [6, 6.07) is 5.64. The molecule has 1 atom stereocenters. The van der Waals surface area contributed by atoms with Gasteiger partial charge in [-0.15, -0.1) is 0 Å². The minimum absolute atomic E-state index is 0.0923. The van der Waals surface area contributed by atoms with E-state index in [4.69, 9.17) is 4.74 Å². The fraction of sp³-hybridized carbons (Fsp3) is 0.579. The van der Waals surface area contributed by atoms with Gasteiger partial charge >= 0.3 is 0 Å². The van der Waals surface area contributed by atoms with Crippen LogP contribution in [0.5, 0.6) is 5.75 Å². The maximum absolute atomic E-state index is 12.4. The molecule has 2 rings (SSSR count). The third-order valence-corrected chi connectivity index (χ3v) is 5.03. The highest BCUT2D eigenvalue weighted by Gasteiger charge is 2.37. The first kappa shape index (κ1) is 19.2. The number of nitrogens with one attached hydrogen (secondary N) is 1. The van der Waals surface area contributed by atoms with E-state index in [1.807, 2.05) is 39.0 Å². The zero-order chi connectivity index (χ0) is 18.6. The van der Waals surface area contributed by atoms with Gasteiger partial charge in [-0.25, -0.2) is 0 Å². The van der Waals surface area contributed by atoms with Crippen LogP contribution in [0.25, 0.3) is 0 Å². The predicted molar refractivity (Wildman–Crippen MR) is 96.7 cm³/mol. The summed E-state index contributed by atoms with van der Waals surface area (Å²) < 4.78 is 5.35. The summed E-state index contributed by atoms with van der Waals surface area (Å²) in [6.07, 6.45) is 1.31. The highest BCUT2D eigenvalue weighted by Crippen LogP contribution is 2.34. The fourth-order valence-corrected chi connectivity index (χ4v) is 3.02. The van der Waals surface area contributed by atoms with Gasteiger partial charge < -0.3 is 20.1 Å². The van der Waals surface area contributed by atoms with Crippen molar-refractivity contribution < 1.29 is 19.4 Å². The smallest absolute Gasteiger partial charge is 0.227 e. The number of carbonyl (C=O) groups is 2. The van der Waals surface area contributed by atoms with Gasteiger partial charge in [-0.3, -0.25) is 9.59 Å². The minimum Gasteiger partial charge on any atom is -0.495 e.